The summed E-state index contributed by atoms with van der Waals surface area (Å²) in [7, 11) is 0. The summed E-state index contributed by atoms with van der Waals surface area (Å²) in [5.41, 5.74) is 3.85. The number of hydrogen-bond acceptors (Lipinski definition) is 8. The minimum absolute atomic E-state index is 0.260. The largest absolute Gasteiger partial charge is 0.491 e. The molecule has 2 saturated heterocycles. The molecule has 4 rings (SSSR count). The van der Waals surface area contributed by atoms with Crippen LogP contribution in [0.4, 0.5) is 11.6 Å². The molecule has 0 spiro atoms. The Kier molecular flexibility index (Phi) is 5.22. The average Bonchev–Trinajstić information content (AvgIpc) is 3.53. The molecule has 2 aromatic rings. The van der Waals surface area contributed by atoms with Gasteiger partial charge in [0, 0.05) is 13.1 Å². The van der Waals surface area contributed by atoms with Crippen molar-refractivity contribution in [3.63, 3.8) is 0 Å². The minimum atomic E-state index is 0.260. The van der Waals surface area contributed by atoms with Gasteiger partial charge in [0.1, 0.15) is 18.5 Å². The molecule has 1 N–H and O–H groups in total. The third-order valence-corrected chi connectivity index (χ3v) is 4.10. The molecule has 0 radical (unpaired) electrons. The van der Waals surface area contributed by atoms with E-state index in [1.165, 1.54) is 0 Å². The number of benzene rings is 1. The molecule has 2 aliphatic heterocycles. The minimum Gasteiger partial charge on any atom is -0.491 e. The van der Waals surface area contributed by atoms with E-state index in [1.807, 2.05) is 36.4 Å². The van der Waals surface area contributed by atoms with Gasteiger partial charge in [0.25, 0.3) is 0 Å². The molecule has 1 unspecified atom stereocenters. The first-order valence-electron chi connectivity index (χ1n) is 8.67. The van der Waals surface area contributed by atoms with E-state index in [1.54, 1.807) is 6.21 Å². The quantitative estimate of drug-likeness (QED) is 0.458. The van der Waals surface area contributed by atoms with Crippen molar-refractivity contribution in [1.82, 2.24) is 10.2 Å². The fourth-order valence-electron chi connectivity index (χ4n) is 2.52. The molecule has 0 amide bonds. The van der Waals surface area contributed by atoms with Gasteiger partial charge in [-0.25, -0.2) is 0 Å². The molecule has 0 bridgehead atoms. The van der Waals surface area contributed by atoms with E-state index < -0.39 is 0 Å². The van der Waals surface area contributed by atoms with E-state index in [2.05, 4.69) is 25.6 Å². The van der Waals surface area contributed by atoms with Crippen LogP contribution >= 0.6 is 0 Å². The predicted molar refractivity (Wildman–Crippen MR) is 98.0 cm³/mol. The van der Waals surface area contributed by atoms with Crippen molar-refractivity contribution < 1.29 is 14.2 Å². The highest BCUT2D eigenvalue weighted by Gasteiger charge is 2.22. The summed E-state index contributed by atoms with van der Waals surface area (Å²) in [6, 6.07) is 11.5. The summed E-state index contributed by atoms with van der Waals surface area (Å²) in [4.78, 5) is 2.16. The summed E-state index contributed by atoms with van der Waals surface area (Å²) < 4.78 is 16.1. The maximum absolute atomic E-state index is 5.60. The lowest BCUT2D eigenvalue weighted by Crippen LogP contribution is -2.36. The van der Waals surface area contributed by atoms with Crippen LogP contribution in [0.15, 0.2) is 41.5 Å². The molecular formula is C18H21N5O3. The van der Waals surface area contributed by atoms with Gasteiger partial charge in [-0.2, -0.15) is 5.10 Å². The van der Waals surface area contributed by atoms with Gasteiger partial charge in [-0.05, 0) is 42.0 Å². The van der Waals surface area contributed by atoms with Crippen LogP contribution in [0.3, 0.4) is 0 Å². The summed E-state index contributed by atoms with van der Waals surface area (Å²) >= 11 is 0. The fraction of sp³-hybridized carbons (Fsp3) is 0.389. The van der Waals surface area contributed by atoms with E-state index in [0.29, 0.717) is 12.4 Å². The lowest BCUT2D eigenvalue weighted by atomic mass is 10.2. The monoisotopic (exact) mass is 355 g/mol. The standard InChI is InChI=1S/C18H21N5O3/c1-3-15(25-12-16-13-26-16)4-2-14(1)11-19-20-17-5-6-18(22-21-17)23-7-9-24-10-8-23/h1-6,11,16H,7-10,12-13H2,(H,20,21)/b19-11+. The summed E-state index contributed by atoms with van der Waals surface area (Å²) in [6.07, 6.45) is 1.99. The molecule has 26 heavy (non-hydrogen) atoms. The number of hydrogen-bond donors (Lipinski definition) is 1. The molecule has 3 heterocycles. The first kappa shape index (κ1) is 16.7. The maximum Gasteiger partial charge on any atom is 0.168 e. The Labute approximate surface area is 151 Å². The number of anilines is 2. The SMILES string of the molecule is C(=N\Nc1ccc(N2CCOCC2)nn1)/c1ccc(OCC2CO2)cc1. The molecule has 1 aromatic carbocycles. The first-order chi connectivity index (χ1) is 12.9. The summed E-state index contributed by atoms with van der Waals surface area (Å²) in [5, 5.41) is 12.6. The Bertz CT molecular complexity index is 725. The molecule has 8 heteroatoms. The highest BCUT2D eigenvalue weighted by Crippen LogP contribution is 2.16. The van der Waals surface area contributed by atoms with Gasteiger partial charge < -0.3 is 19.1 Å². The predicted octanol–water partition coefficient (Wildman–Crippen LogP) is 1.54. The number of nitrogens with zero attached hydrogens (tertiary/aromatic N) is 4. The smallest absolute Gasteiger partial charge is 0.168 e. The molecule has 0 saturated carbocycles. The molecule has 2 fully saturated rings. The van der Waals surface area contributed by atoms with Crippen LogP contribution in [0.5, 0.6) is 5.75 Å². The second-order valence-electron chi connectivity index (χ2n) is 6.08. The van der Waals surface area contributed by atoms with E-state index >= 15 is 0 Å². The molecule has 1 aromatic heterocycles. The van der Waals surface area contributed by atoms with Gasteiger partial charge in [0.2, 0.25) is 0 Å². The van der Waals surface area contributed by atoms with Crippen LogP contribution in [0.25, 0.3) is 0 Å². The lowest BCUT2D eigenvalue weighted by molar-refractivity contribution is 0.122. The van der Waals surface area contributed by atoms with Crippen LogP contribution in [0.1, 0.15) is 5.56 Å². The van der Waals surface area contributed by atoms with Crippen LogP contribution in [-0.2, 0) is 9.47 Å². The van der Waals surface area contributed by atoms with Crippen LogP contribution < -0.4 is 15.1 Å². The number of morpholine rings is 1. The van der Waals surface area contributed by atoms with Crippen molar-refractivity contribution in [3.8, 4) is 5.75 Å². The first-order valence-corrected chi connectivity index (χ1v) is 8.67. The Hall–Kier alpha value is -2.71. The van der Waals surface area contributed by atoms with Crippen molar-refractivity contribution >= 4 is 17.9 Å². The Morgan fingerprint density at radius 2 is 1.96 bits per heavy atom. The van der Waals surface area contributed by atoms with Crippen molar-refractivity contribution in [3.05, 3.63) is 42.0 Å². The van der Waals surface area contributed by atoms with Crippen molar-refractivity contribution in [1.29, 1.82) is 0 Å². The van der Waals surface area contributed by atoms with E-state index in [0.717, 1.165) is 50.0 Å². The molecule has 8 nitrogen and oxygen atoms in total. The van der Waals surface area contributed by atoms with Gasteiger partial charge in [-0.3, -0.25) is 5.43 Å². The highest BCUT2D eigenvalue weighted by atomic mass is 16.6. The number of aromatic nitrogens is 2. The topological polar surface area (TPSA) is 84.4 Å². The molecule has 2 aliphatic rings. The fourth-order valence-corrected chi connectivity index (χ4v) is 2.52. The number of epoxide rings is 1. The summed E-state index contributed by atoms with van der Waals surface area (Å²) in [6.45, 7) is 4.54. The van der Waals surface area contributed by atoms with E-state index in [-0.39, 0.29) is 6.10 Å². The van der Waals surface area contributed by atoms with Gasteiger partial charge >= 0.3 is 0 Å². The highest BCUT2D eigenvalue weighted by molar-refractivity contribution is 5.80. The van der Waals surface area contributed by atoms with Gasteiger partial charge in [0.05, 0.1) is 26.0 Å². The zero-order valence-electron chi connectivity index (χ0n) is 14.4. The normalized spacial score (nSPS) is 19.5. The number of nitrogens with one attached hydrogen (secondary N) is 1. The third-order valence-electron chi connectivity index (χ3n) is 4.10. The number of rotatable bonds is 7. The van der Waals surface area contributed by atoms with Crippen LogP contribution in [0, 0.1) is 0 Å². The summed E-state index contributed by atoms with van der Waals surface area (Å²) in [5.74, 6) is 2.29. The van der Waals surface area contributed by atoms with Crippen LogP contribution in [-0.4, -0.2) is 62.0 Å². The number of ether oxygens (including phenoxy) is 3. The van der Waals surface area contributed by atoms with Gasteiger partial charge in [-0.15, -0.1) is 10.2 Å². The molecule has 1 atom stereocenters. The van der Waals surface area contributed by atoms with Crippen molar-refractivity contribution in [2.45, 2.75) is 6.10 Å². The Morgan fingerprint density at radius 1 is 1.15 bits per heavy atom. The third kappa shape index (κ3) is 4.68. The zero-order valence-corrected chi connectivity index (χ0v) is 14.4. The van der Waals surface area contributed by atoms with Crippen molar-refractivity contribution in [2.24, 2.45) is 5.10 Å². The van der Waals surface area contributed by atoms with Gasteiger partial charge in [-0.1, -0.05) is 0 Å². The average molecular weight is 355 g/mol. The van der Waals surface area contributed by atoms with Crippen molar-refractivity contribution in [2.75, 3.05) is 49.8 Å². The Balaban J connectivity index is 1.27. The van der Waals surface area contributed by atoms with E-state index in [9.17, 15) is 0 Å². The molecule has 136 valence electrons. The van der Waals surface area contributed by atoms with Crippen LogP contribution in [0.2, 0.25) is 0 Å². The van der Waals surface area contributed by atoms with E-state index in [4.69, 9.17) is 14.2 Å². The number of hydrazone groups is 1. The second kappa shape index (κ2) is 8.11. The molecular weight excluding hydrogens is 334 g/mol. The zero-order chi connectivity index (χ0) is 17.6. The Morgan fingerprint density at radius 3 is 2.65 bits per heavy atom. The van der Waals surface area contributed by atoms with Gasteiger partial charge in [0.15, 0.2) is 11.6 Å². The maximum atomic E-state index is 5.60. The second-order valence-corrected chi connectivity index (χ2v) is 6.08. The lowest BCUT2D eigenvalue weighted by Gasteiger charge is -2.27. The molecule has 0 aliphatic carbocycles.